The zero-order valence-corrected chi connectivity index (χ0v) is 38.2. The number of esters is 8. The monoisotopic (exact) mass is 964 g/mol. The third-order valence-corrected chi connectivity index (χ3v) is 10.9. The van der Waals surface area contributed by atoms with Gasteiger partial charge in [-0.05, 0) is 124 Å². The van der Waals surface area contributed by atoms with Crippen LogP contribution in [-0.4, -0.2) is 86.4 Å². The second kappa shape index (κ2) is 27.0. The van der Waals surface area contributed by atoms with Gasteiger partial charge in [0.05, 0.1) is 23.7 Å². The van der Waals surface area contributed by atoms with Crippen molar-refractivity contribution in [2.45, 2.75) is 63.6 Å². The highest BCUT2D eigenvalue weighted by Crippen LogP contribution is 2.33. The highest BCUT2D eigenvalue weighted by Gasteiger charge is 2.34. The third kappa shape index (κ3) is 17.1. The lowest BCUT2D eigenvalue weighted by atomic mass is 9.82. The molecule has 0 saturated heterocycles. The van der Waals surface area contributed by atoms with Gasteiger partial charge in [-0.1, -0.05) is 26.3 Å². The Balaban J connectivity index is 0.973. The number of rotatable bonds is 24. The Kier molecular flexibility index (Phi) is 20.3. The van der Waals surface area contributed by atoms with E-state index in [1.54, 1.807) is 24.3 Å². The molecule has 18 heteroatoms. The Labute approximate surface area is 404 Å². The Hall–Kier alpha value is -8.20. The van der Waals surface area contributed by atoms with Crippen LogP contribution >= 0.6 is 0 Å². The highest BCUT2D eigenvalue weighted by molar-refractivity contribution is 5.83. The predicted molar refractivity (Wildman–Crippen MR) is 244 cm³/mol. The summed E-state index contributed by atoms with van der Waals surface area (Å²) in [6.07, 6.45) is 5.27. The van der Waals surface area contributed by atoms with Gasteiger partial charge in [-0.3, -0.25) is 19.2 Å². The van der Waals surface area contributed by atoms with Crippen molar-refractivity contribution >= 4 is 47.8 Å². The summed E-state index contributed by atoms with van der Waals surface area (Å²) in [6, 6.07) is 20.7. The minimum atomic E-state index is -0.913. The van der Waals surface area contributed by atoms with E-state index in [4.69, 9.17) is 47.4 Å². The molecule has 0 aromatic heterocycles. The molecule has 368 valence electrons. The first kappa shape index (κ1) is 52.8. The third-order valence-electron chi connectivity index (χ3n) is 10.9. The predicted octanol–water partition coefficient (Wildman–Crippen LogP) is 6.33. The molecule has 5 rings (SSSR count). The number of ether oxygens (including phenoxy) is 10. The van der Waals surface area contributed by atoms with Crippen molar-refractivity contribution in [2.24, 2.45) is 23.7 Å². The van der Waals surface area contributed by atoms with Crippen molar-refractivity contribution in [2.75, 3.05) is 26.4 Å². The van der Waals surface area contributed by atoms with Gasteiger partial charge in [0.25, 0.3) is 0 Å². The Morgan fingerprint density at radius 2 is 0.700 bits per heavy atom. The lowest BCUT2D eigenvalue weighted by molar-refractivity contribution is -0.154. The summed E-state index contributed by atoms with van der Waals surface area (Å²) in [5, 5.41) is 0. The normalized spacial score (nSPS) is 17.9. The van der Waals surface area contributed by atoms with Crippen LogP contribution in [0.25, 0.3) is 0 Å². The fourth-order valence-electron chi connectivity index (χ4n) is 7.10. The van der Waals surface area contributed by atoms with E-state index in [1.807, 2.05) is 0 Å². The van der Waals surface area contributed by atoms with Crippen LogP contribution in [-0.2, 0) is 57.3 Å². The molecule has 0 amide bonds. The Morgan fingerprint density at radius 1 is 0.414 bits per heavy atom. The summed E-state index contributed by atoms with van der Waals surface area (Å²) in [7, 11) is 0. The standard InChI is InChI=1S/C52H52O18/c1-5-45(53)63-31-43(65-47(55)7-3)29-61-37-17-21-39(22-18-37)67-49(57)33-9-13-35(14-10-33)51(59)69-41-25-27-42(28-26-41)70-52(60)36-15-11-34(12-16-36)50(58)68-40-23-19-38(20-24-40)62-30-44(66-48(56)8-4)32-64-46(54)6-2/h5-8,17-25,27,33-36,43-44H,1-4,9-16,29-32H2. The first-order valence-electron chi connectivity index (χ1n) is 22.3. The largest absolute Gasteiger partial charge is 0.490 e. The van der Waals surface area contributed by atoms with Crippen molar-refractivity contribution < 1.29 is 85.7 Å². The van der Waals surface area contributed by atoms with Crippen LogP contribution in [0, 0.1) is 35.8 Å². The van der Waals surface area contributed by atoms with E-state index in [1.165, 1.54) is 36.4 Å². The van der Waals surface area contributed by atoms with E-state index in [0.717, 1.165) is 24.3 Å². The van der Waals surface area contributed by atoms with Crippen molar-refractivity contribution in [3.8, 4) is 34.5 Å². The van der Waals surface area contributed by atoms with Crippen LogP contribution in [0.2, 0.25) is 0 Å². The number of benzene rings is 2. The van der Waals surface area contributed by atoms with Gasteiger partial charge in [-0.15, -0.1) is 0 Å². The first-order chi connectivity index (χ1) is 33.7. The summed E-state index contributed by atoms with van der Waals surface area (Å²) < 4.78 is 53.7. The van der Waals surface area contributed by atoms with Crippen molar-refractivity contribution in [3.05, 3.63) is 123 Å². The zero-order valence-electron chi connectivity index (χ0n) is 38.2. The number of carbonyl (C=O) groups excluding carboxylic acids is 8. The molecule has 18 nitrogen and oxygen atoms in total. The van der Waals surface area contributed by atoms with E-state index in [9.17, 15) is 38.4 Å². The lowest BCUT2D eigenvalue weighted by Crippen LogP contribution is -2.30. The second-order valence-corrected chi connectivity index (χ2v) is 15.9. The molecule has 3 aromatic carbocycles. The molecule has 0 bridgehead atoms. The van der Waals surface area contributed by atoms with Gasteiger partial charge in [0.15, 0.2) is 23.7 Å². The van der Waals surface area contributed by atoms with Gasteiger partial charge >= 0.3 is 47.8 Å². The van der Waals surface area contributed by atoms with E-state index in [0.29, 0.717) is 62.9 Å². The van der Waals surface area contributed by atoms with Gasteiger partial charge in [0.2, 0.25) is 0 Å². The number of hydrogen-bond donors (Lipinski definition) is 0. The van der Waals surface area contributed by atoms with Crippen LogP contribution in [0.4, 0.5) is 0 Å². The molecule has 2 aliphatic rings. The van der Waals surface area contributed by atoms with Crippen LogP contribution < -0.4 is 28.4 Å². The van der Waals surface area contributed by atoms with Crippen LogP contribution in [0.1, 0.15) is 51.4 Å². The summed E-state index contributed by atoms with van der Waals surface area (Å²) in [6.45, 7) is 12.5. The molecular formula is C52H52O18. The Morgan fingerprint density at radius 3 is 0.986 bits per heavy atom. The van der Waals surface area contributed by atoms with Gasteiger partial charge in [-0.25, -0.2) is 19.2 Å². The summed E-state index contributed by atoms with van der Waals surface area (Å²) in [5.74, 6) is -4.96. The fraction of sp³-hybridized carbons (Fsp3) is 0.346. The van der Waals surface area contributed by atoms with Gasteiger partial charge in [0, 0.05) is 24.3 Å². The average Bonchev–Trinajstić information content (AvgIpc) is 3.38. The molecule has 0 heterocycles. The summed E-state index contributed by atoms with van der Waals surface area (Å²) in [5.41, 5.74) is 0. The molecule has 2 atom stereocenters. The van der Waals surface area contributed by atoms with Gasteiger partial charge in [0.1, 0.15) is 49.4 Å². The highest BCUT2D eigenvalue weighted by atomic mass is 16.6. The van der Waals surface area contributed by atoms with Crippen LogP contribution in [0.15, 0.2) is 111 Å². The smallest absolute Gasteiger partial charge is 0.330 e. The maximum absolute atomic E-state index is 13.0. The minimum absolute atomic E-state index is 0.0910. The van der Waals surface area contributed by atoms with Gasteiger partial charge < -0.3 is 47.4 Å². The minimum Gasteiger partial charge on any atom is -0.490 e. The van der Waals surface area contributed by atoms with E-state index >= 15 is 0 Å². The molecular weight excluding hydrogens is 913 g/mol. The molecule has 0 spiro atoms. The summed E-state index contributed by atoms with van der Waals surface area (Å²) >= 11 is 0. The van der Waals surface area contributed by atoms with Gasteiger partial charge in [-0.2, -0.15) is 0 Å². The molecule has 2 aliphatic carbocycles. The maximum atomic E-state index is 13.0. The summed E-state index contributed by atoms with van der Waals surface area (Å²) in [4.78, 5) is 98.1. The molecule has 0 aliphatic heterocycles. The topological polar surface area (TPSA) is 229 Å². The molecule has 0 N–H and O–H groups in total. The maximum Gasteiger partial charge on any atom is 0.330 e. The lowest BCUT2D eigenvalue weighted by Gasteiger charge is -2.25. The van der Waals surface area contributed by atoms with Crippen molar-refractivity contribution in [3.63, 3.8) is 0 Å². The van der Waals surface area contributed by atoms with Crippen molar-refractivity contribution in [1.82, 2.24) is 0 Å². The van der Waals surface area contributed by atoms with E-state index < -0.39 is 83.6 Å². The molecule has 2 saturated carbocycles. The number of hydrogen-bond acceptors (Lipinski definition) is 18. The van der Waals surface area contributed by atoms with Crippen molar-refractivity contribution in [1.29, 1.82) is 0 Å². The molecule has 2 fully saturated rings. The molecule has 0 radical (unpaired) electrons. The molecule has 2 unspecified atom stereocenters. The molecule has 70 heavy (non-hydrogen) atoms. The second-order valence-electron chi connectivity index (χ2n) is 15.9. The quantitative estimate of drug-likeness (QED) is 0.0413. The average molecular weight is 965 g/mol. The molecule has 3 aromatic rings. The first-order valence-corrected chi connectivity index (χ1v) is 22.3. The SMILES string of the molecule is C=CC(=O)OCC(COc1ccc(OC(=O)C2CCC(C(=O)Oc3c#cc(OC(=O)C4CCC(C(=O)Oc5ccc(OCC(COC(=O)C=C)OC(=O)C=C)cc5)CC4)cc3)CC2)cc1)OC(=O)C=C. The Bertz CT molecular complexity index is 2170. The van der Waals surface area contributed by atoms with E-state index in [2.05, 4.69) is 38.4 Å². The zero-order chi connectivity index (χ0) is 50.4. The van der Waals surface area contributed by atoms with E-state index in [-0.39, 0.29) is 49.4 Å². The van der Waals surface area contributed by atoms with Crippen LogP contribution in [0.3, 0.4) is 0 Å². The number of carbonyl (C=O) groups is 8. The van der Waals surface area contributed by atoms with Crippen LogP contribution in [0.5, 0.6) is 34.5 Å². The fourth-order valence-corrected chi connectivity index (χ4v) is 7.10.